The van der Waals surface area contributed by atoms with Crippen LogP contribution in [0.4, 0.5) is 18.9 Å². The van der Waals surface area contributed by atoms with Crippen LogP contribution in [0.15, 0.2) is 30.5 Å². The second-order valence-corrected chi connectivity index (χ2v) is 7.41. The number of piperazine rings is 1. The van der Waals surface area contributed by atoms with E-state index in [9.17, 15) is 18.0 Å². The molecule has 0 aliphatic carbocycles. The monoisotopic (exact) mass is 392 g/mol. The van der Waals surface area contributed by atoms with E-state index in [0.717, 1.165) is 43.8 Å². The van der Waals surface area contributed by atoms with Crippen molar-refractivity contribution >= 4 is 22.5 Å². The molecular weight excluding hydrogens is 369 g/mol. The van der Waals surface area contributed by atoms with Gasteiger partial charge in [-0.3, -0.25) is 14.7 Å². The zero-order valence-electron chi connectivity index (χ0n) is 15.6. The first-order valence-corrected chi connectivity index (χ1v) is 9.63. The summed E-state index contributed by atoms with van der Waals surface area (Å²) in [5.74, 6) is 0.163. The van der Waals surface area contributed by atoms with Crippen LogP contribution >= 0.6 is 0 Å². The molecule has 8 heteroatoms. The van der Waals surface area contributed by atoms with Crippen LogP contribution < -0.4 is 4.90 Å². The molecular formula is C20H23F3N4O. The van der Waals surface area contributed by atoms with Crippen molar-refractivity contribution in [2.24, 2.45) is 0 Å². The van der Waals surface area contributed by atoms with E-state index < -0.39 is 11.7 Å². The number of carbonyl (C=O) groups excluding carboxylic acids is 1. The predicted octanol–water partition coefficient (Wildman–Crippen LogP) is 3.00. The van der Waals surface area contributed by atoms with Gasteiger partial charge in [-0.1, -0.05) is 6.07 Å². The zero-order valence-corrected chi connectivity index (χ0v) is 15.6. The lowest BCUT2D eigenvalue weighted by Crippen LogP contribution is -2.51. The van der Waals surface area contributed by atoms with Crippen LogP contribution in [0, 0.1) is 0 Å². The van der Waals surface area contributed by atoms with E-state index in [1.807, 2.05) is 11.0 Å². The van der Waals surface area contributed by atoms with Gasteiger partial charge in [-0.05, 0) is 44.1 Å². The highest BCUT2D eigenvalue weighted by atomic mass is 19.4. The van der Waals surface area contributed by atoms with Gasteiger partial charge in [0, 0.05) is 43.4 Å². The molecule has 2 saturated heterocycles. The summed E-state index contributed by atoms with van der Waals surface area (Å²) >= 11 is 0. The number of hydrogen-bond acceptors (Lipinski definition) is 4. The lowest BCUT2D eigenvalue weighted by Gasteiger charge is -2.37. The van der Waals surface area contributed by atoms with E-state index in [1.165, 1.54) is 6.07 Å². The zero-order chi connectivity index (χ0) is 19.7. The second-order valence-electron chi connectivity index (χ2n) is 7.41. The fraction of sp³-hybridized carbons (Fsp3) is 0.500. The van der Waals surface area contributed by atoms with E-state index in [4.69, 9.17) is 0 Å². The van der Waals surface area contributed by atoms with E-state index in [-0.39, 0.29) is 5.91 Å². The second kappa shape index (κ2) is 7.58. The summed E-state index contributed by atoms with van der Waals surface area (Å²) in [6.07, 6.45) is -0.519. The molecule has 28 heavy (non-hydrogen) atoms. The van der Waals surface area contributed by atoms with Gasteiger partial charge in [0.1, 0.15) is 0 Å². The topological polar surface area (TPSA) is 39.7 Å². The molecule has 2 aliphatic heterocycles. The van der Waals surface area contributed by atoms with Crippen LogP contribution in [-0.4, -0.2) is 66.5 Å². The van der Waals surface area contributed by atoms with Gasteiger partial charge in [-0.15, -0.1) is 0 Å². The molecule has 5 nitrogen and oxygen atoms in total. The van der Waals surface area contributed by atoms with Crippen molar-refractivity contribution in [3.8, 4) is 0 Å². The summed E-state index contributed by atoms with van der Waals surface area (Å²) in [6, 6.07) is 5.51. The molecule has 2 aromatic rings. The maximum Gasteiger partial charge on any atom is 0.416 e. The number of amides is 1. The first kappa shape index (κ1) is 19.0. The molecule has 0 spiro atoms. The first-order valence-electron chi connectivity index (χ1n) is 9.63. The number of likely N-dealkylation sites (tertiary alicyclic amines) is 1. The van der Waals surface area contributed by atoms with Gasteiger partial charge in [-0.2, -0.15) is 13.2 Å². The van der Waals surface area contributed by atoms with Crippen molar-refractivity contribution in [1.82, 2.24) is 14.8 Å². The standard InChI is InChI=1S/C20H23F3N4O/c21-20(22,23)15-3-4-16-17(13-15)24-6-5-18(16)26-9-11-27(12-10-26)19(28)14-25-7-1-2-8-25/h3-6,13H,1-2,7-12,14H2. The minimum atomic E-state index is -4.38. The minimum Gasteiger partial charge on any atom is -0.367 e. The van der Waals surface area contributed by atoms with Crippen molar-refractivity contribution in [3.05, 3.63) is 36.0 Å². The van der Waals surface area contributed by atoms with Crippen LogP contribution in [0.1, 0.15) is 18.4 Å². The molecule has 3 heterocycles. The Morgan fingerprint density at radius 1 is 1.00 bits per heavy atom. The first-order chi connectivity index (χ1) is 13.4. The Morgan fingerprint density at radius 2 is 1.71 bits per heavy atom. The summed E-state index contributed by atoms with van der Waals surface area (Å²) in [5, 5.41) is 0.701. The third-order valence-corrected chi connectivity index (χ3v) is 5.58. The lowest BCUT2D eigenvalue weighted by molar-refractivity contribution is -0.137. The number of alkyl halides is 3. The molecule has 0 bridgehead atoms. The Labute approximate surface area is 161 Å². The summed E-state index contributed by atoms with van der Waals surface area (Å²) in [4.78, 5) is 22.8. The fourth-order valence-electron chi connectivity index (χ4n) is 4.01. The minimum absolute atomic E-state index is 0.163. The molecule has 0 N–H and O–H groups in total. The van der Waals surface area contributed by atoms with Crippen LogP contribution in [0.25, 0.3) is 10.9 Å². The highest BCUT2D eigenvalue weighted by Crippen LogP contribution is 2.33. The highest BCUT2D eigenvalue weighted by molar-refractivity contribution is 5.92. The lowest BCUT2D eigenvalue weighted by atomic mass is 10.1. The highest BCUT2D eigenvalue weighted by Gasteiger charge is 2.31. The third kappa shape index (κ3) is 3.92. The number of anilines is 1. The van der Waals surface area contributed by atoms with E-state index in [1.54, 1.807) is 6.20 Å². The Hall–Kier alpha value is -2.35. The van der Waals surface area contributed by atoms with Crippen molar-refractivity contribution in [3.63, 3.8) is 0 Å². The maximum atomic E-state index is 13.0. The average Bonchev–Trinajstić information content (AvgIpc) is 3.19. The maximum absolute atomic E-state index is 13.0. The molecule has 4 rings (SSSR count). The number of fused-ring (bicyclic) bond motifs is 1. The number of aromatic nitrogens is 1. The third-order valence-electron chi connectivity index (χ3n) is 5.58. The summed E-state index contributed by atoms with van der Waals surface area (Å²) < 4.78 is 38.9. The summed E-state index contributed by atoms with van der Waals surface area (Å²) in [6.45, 7) is 5.04. The number of halogens is 3. The molecule has 0 radical (unpaired) electrons. The van der Waals surface area contributed by atoms with Gasteiger partial charge >= 0.3 is 6.18 Å². The Bertz CT molecular complexity index is 856. The van der Waals surface area contributed by atoms with Gasteiger partial charge in [0.05, 0.1) is 17.6 Å². The van der Waals surface area contributed by atoms with E-state index in [2.05, 4.69) is 14.8 Å². The average molecular weight is 392 g/mol. The molecule has 1 amide bonds. The molecule has 2 aliphatic rings. The number of nitrogens with zero attached hydrogens (tertiary/aromatic N) is 4. The Morgan fingerprint density at radius 3 is 2.39 bits per heavy atom. The van der Waals surface area contributed by atoms with Crippen LogP contribution in [0.5, 0.6) is 0 Å². The number of pyridine rings is 1. The largest absolute Gasteiger partial charge is 0.416 e. The van der Waals surface area contributed by atoms with Crippen molar-refractivity contribution in [2.75, 3.05) is 50.7 Å². The molecule has 1 aromatic carbocycles. The fourth-order valence-corrected chi connectivity index (χ4v) is 4.01. The normalized spacial score (nSPS) is 18.8. The number of rotatable bonds is 3. The van der Waals surface area contributed by atoms with E-state index >= 15 is 0 Å². The Balaban J connectivity index is 1.45. The molecule has 0 atom stereocenters. The number of hydrogen-bond donors (Lipinski definition) is 0. The van der Waals surface area contributed by atoms with Gasteiger partial charge in [0.25, 0.3) is 0 Å². The SMILES string of the molecule is O=C(CN1CCCC1)N1CCN(c2ccnc3cc(C(F)(F)F)ccc23)CC1. The number of carbonyl (C=O) groups is 1. The molecule has 150 valence electrons. The van der Waals surface area contributed by atoms with Crippen LogP contribution in [0.3, 0.4) is 0 Å². The molecule has 2 fully saturated rings. The van der Waals surface area contributed by atoms with Crippen LogP contribution in [-0.2, 0) is 11.0 Å². The quantitative estimate of drug-likeness (QED) is 0.805. The smallest absolute Gasteiger partial charge is 0.367 e. The van der Waals surface area contributed by atoms with Crippen LogP contribution in [0.2, 0.25) is 0 Å². The summed E-state index contributed by atoms with van der Waals surface area (Å²) in [5.41, 5.74) is 0.507. The number of benzene rings is 1. The predicted molar refractivity (Wildman–Crippen MR) is 101 cm³/mol. The molecule has 0 unspecified atom stereocenters. The van der Waals surface area contributed by atoms with Crippen molar-refractivity contribution in [2.45, 2.75) is 19.0 Å². The van der Waals surface area contributed by atoms with Gasteiger partial charge in [-0.25, -0.2) is 0 Å². The van der Waals surface area contributed by atoms with Crippen molar-refractivity contribution < 1.29 is 18.0 Å². The van der Waals surface area contributed by atoms with Gasteiger partial charge < -0.3 is 9.80 Å². The van der Waals surface area contributed by atoms with E-state index in [0.29, 0.717) is 43.6 Å². The molecule has 1 aromatic heterocycles. The van der Waals surface area contributed by atoms with Crippen molar-refractivity contribution in [1.29, 1.82) is 0 Å². The van der Waals surface area contributed by atoms with Gasteiger partial charge in [0.15, 0.2) is 0 Å². The Kier molecular flexibility index (Phi) is 5.14. The molecule has 0 saturated carbocycles. The summed E-state index contributed by atoms with van der Waals surface area (Å²) in [7, 11) is 0. The van der Waals surface area contributed by atoms with Gasteiger partial charge in [0.2, 0.25) is 5.91 Å².